The van der Waals surface area contributed by atoms with Crippen molar-refractivity contribution in [3.63, 3.8) is 0 Å². The van der Waals surface area contributed by atoms with Gasteiger partial charge < -0.3 is 13.7 Å². The van der Waals surface area contributed by atoms with E-state index in [2.05, 4.69) is 20.3 Å². The summed E-state index contributed by atoms with van der Waals surface area (Å²) in [6.07, 6.45) is 0.730. The minimum Gasteiger partial charge on any atom is -0.484 e. The number of thioether (sulfide) groups is 1. The van der Waals surface area contributed by atoms with Gasteiger partial charge in [-0.05, 0) is 31.2 Å². The van der Waals surface area contributed by atoms with E-state index in [1.165, 1.54) is 11.8 Å². The Morgan fingerprint density at radius 1 is 1.25 bits per heavy atom. The molecule has 0 N–H and O–H groups in total. The molecule has 2 aromatic heterocycles. The van der Waals surface area contributed by atoms with E-state index in [9.17, 15) is 0 Å². The van der Waals surface area contributed by atoms with Crippen LogP contribution < -0.4 is 4.74 Å². The van der Waals surface area contributed by atoms with Gasteiger partial charge in [-0.15, -0.1) is 10.2 Å². The summed E-state index contributed by atoms with van der Waals surface area (Å²) in [4.78, 5) is 4.29. The first-order valence-corrected chi connectivity index (χ1v) is 8.59. The Morgan fingerprint density at radius 2 is 2.04 bits per heavy atom. The van der Waals surface area contributed by atoms with Crippen LogP contribution in [0.1, 0.15) is 36.7 Å². The van der Waals surface area contributed by atoms with Crippen molar-refractivity contribution in [2.75, 3.05) is 0 Å². The first-order valence-electron chi connectivity index (χ1n) is 7.34. The molecule has 0 aliphatic heterocycles. The van der Waals surface area contributed by atoms with Crippen LogP contribution in [0.25, 0.3) is 0 Å². The minimum atomic E-state index is -0.0803. The van der Waals surface area contributed by atoms with Crippen LogP contribution in [-0.2, 0) is 13.0 Å². The van der Waals surface area contributed by atoms with Crippen LogP contribution in [0.3, 0.4) is 0 Å². The van der Waals surface area contributed by atoms with Gasteiger partial charge in [0.05, 0.1) is 5.25 Å². The lowest BCUT2D eigenvalue weighted by Crippen LogP contribution is -1.95. The third kappa shape index (κ3) is 4.27. The fourth-order valence-corrected chi connectivity index (χ4v) is 2.66. The molecule has 0 saturated heterocycles. The molecule has 0 radical (unpaired) electrons. The number of aromatic nitrogens is 4. The highest BCUT2D eigenvalue weighted by molar-refractivity contribution is 7.99. The van der Waals surface area contributed by atoms with Gasteiger partial charge >= 0.3 is 0 Å². The average Bonchev–Trinajstić information content (AvgIpc) is 3.23. The summed E-state index contributed by atoms with van der Waals surface area (Å²) in [5.74, 6) is 2.28. The van der Waals surface area contributed by atoms with Gasteiger partial charge in [0, 0.05) is 11.4 Å². The van der Waals surface area contributed by atoms with E-state index >= 15 is 0 Å². The van der Waals surface area contributed by atoms with Crippen LogP contribution >= 0.6 is 23.4 Å². The second-order valence-corrected chi connectivity index (χ2v) is 6.60. The molecular weight excluding hydrogens is 352 g/mol. The van der Waals surface area contributed by atoms with Gasteiger partial charge in [-0.2, -0.15) is 4.98 Å². The van der Waals surface area contributed by atoms with Crippen molar-refractivity contribution in [3.8, 4) is 5.75 Å². The van der Waals surface area contributed by atoms with Gasteiger partial charge in [0.25, 0.3) is 11.1 Å². The summed E-state index contributed by atoms with van der Waals surface area (Å²) in [6, 6.07) is 7.06. The molecule has 7 nitrogen and oxygen atoms in total. The molecule has 0 amide bonds. The van der Waals surface area contributed by atoms with Crippen molar-refractivity contribution >= 4 is 23.4 Å². The van der Waals surface area contributed by atoms with Crippen LogP contribution in [0, 0.1) is 0 Å². The van der Waals surface area contributed by atoms with Crippen LogP contribution in [0.15, 0.2) is 38.4 Å². The van der Waals surface area contributed by atoms with E-state index in [0.29, 0.717) is 33.6 Å². The fourth-order valence-electron chi connectivity index (χ4n) is 1.80. The monoisotopic (exact) mass is 366 g/mol. The summed E-state index contributed by atoms with van der Waals surface area (Å²) >= 11 is 7.18. The van der Waals surface area contributed by atoms with Crippen LogP contribution in [0.5, 0.6) is 5.75 Å². The van der Waals surface area contributed by atoms with E-state index in [1.54, 1.807) is 24.3 Å². The molecule has 0 aliphatic rings. The van der Waals surface area contributed by atoms with Crippen molar-refractivity contribution in [3.05, 3.63) is 46.9 Å². The maximum absolute atomic E-state index is 5.83. The summed E-state index contributed by atoms with van der Waals surface area (Å²) in [5.41, 5.74) is 0. The molecule has 0 spiro atoms. The molecule has 0 aliphatic carbocycles. The fraction of sp³-hybridized carbons (Fsp3) is 0.333. The molecule has 126 valence electrons. The van der Waals surface area contributed by atoms with Crippen molar-refractivity contribution in [1.82, 2.24) is 20.3 Å². The minimum absolute atomic E-state index is 0.0803. The number of rotatable bonds is 7. The number of halogens is 1. The lowest BCUT2D eigenvalue weighted by molar-refractivity contribution is 0.252. The molecule has 1 unspecified atom stereocenters. The van der Waals surface area contributed by atoms with E-state index in [4.69, 9.17) is 25.3 Å². The van der Waals surface area contributed by atoms with Crippen molar-refractivity contribution in [2.24, 2.45) is 0 Å². The zero-order valence-electron chi connectivity index (χ0n) is 13.1. The van der Waals surface area contributed by atoms with Crippen LogP contribution in [0.4, 0.5) is 0 Å². The first-order chi connectivity index (χ1) is 11.6. The molecule has 24 heavy (non-hydrogen) atoms. The predicted octanol–water partition coefficient (Wildman–Crippen LogP) is 4.10. The van der Waals surface area contributed by atoms with E-state index in [-0.39, 0.29) is 11.9 Å². The molecule has 0 bridgehead atoms. The zero-order chi connectivity index (χ0) is 16.9. The van der Waals surface area contributed by atoms with E-state index < -0.39 is 0 Å². The van der Waals surface area contributed by atoms with Crippen molar-refractivity contribution < 1.29 is 13.7 Å². The Balaban J connectivity index is 1.55. The van der Waals surface area contributed by atoms with Crippen LogP contribution in [0.2, 0.25) is 5.02 Å². The Kier molecular flexibility index (Phi) is 5.37. The highest BCUT2D eigenvalue weighted by atomic mass is 35.5. The Hall–Kier alpha value is -2.06. The van der Waals surface area contributed by atoms with Gasteiger partial charge in [-0.1, -0.05) is 35.4 Å². The van der Waals surface area contributed by atoms with Gasteiger partial charge in [0.15, 0.2) is 12.4 Å². The molecule has 3 aromatic rings. The maximum atomic E-state index is 5.83. The van der Waals surface area contributed by atoms with Gasteiger partial charge in [-0.3, -0.25) is 0 Å². The topological polar surface area (TPSA) is 87.1 Å². The summed E-state index contributed by atoms with van der Waals surface area (Å²) in [7, 11) is 0. The quantitative estimate of drug-likeness (QED) is 0.577. The SMILES string of the molecule is CCc1noc(C(C)Sc2nnc(COc3ccc(Cl)cc3)o2)n1. The molecule has 1 atom stereocenters. The molecule has 3 rings (SSSR count). The number of benzene rings is 1. The molecule has 2 heterocycles. The second-order valence-electron chi connectivity index (χ2n) is 4.87. The van der Waals surface area contributed by atoms with Gasteiger partial charge in [-0.25, -0.2) is 0 Å². The van der Waals surface area contributed by atoms with Crippen molar-refractivity contribution in [1.29, 1.82) is 0 Å². The standard InChI is InChI=1S/C15H15ClN4O3S/c1-3-12-17-14(23-20-12)9(2)24-15-19-18-13(22-15)8-21-11-6-4-10(16)5-7-11/h4-7,9H,3,8H2,1-2H3. The normalized spacial score (nSPS) is 12.3. The summed E-state index contributed by atoms with van der Waals surface area (Å²) in [5, 5.41) is 12.8. The number of ether oxygens (including phenoxy) is 1. The number of hydrogen-bond acceptors (Lipinski definition) is 8. The van der Waals surface area contributed by atoms with Gasteiger partial charge in [0.1, 0.15) is 5.75 Å². The second kappa shape index (κ2) is 7.67. The molecular formula is C15H15ClN4O3S. The average molecular weight is 367 g/mol. The molecule has 9 heteroatoms. The lowest BCUT2D eigenvalue weighted by Gasteiger charge is -2.03. The van der Waals surface area contributed by atoms with E-state index in [1.807, 2.05) is 13.8 Å². The molecule has 0 fully saturated rings. The summed E-state index contributed by atoms with van der Waals surface area (Å²) in [6.45, 7) is 4.09. The number of hydrogen-bond donors (Lipinski definition) is 0. The lowest BCUT2D eigenvalue weighted by atomic mass is 10.3. The Bertz CT molecular complexity index is 790. The highest BCUT2D eigenvalue weighted by Gasteiger charge is 2.18. The Morgan fingerprint density at radius 3 is 2.75 bits per heavy atom. The third-order valence-electron chi connectivity index (χ3n) is 3.05. The summed E-state index contributed by atoms with van der Waals surface area (Å²) < 4.78 is 16.3. The zero-order valence-corrected chi connectivity index (χ0v) is 14.7. The number of aryl methyl sites for hydroxylation is 1. The Labute approximate surface area is 147 Å². The highest BCUT2D eigenvalue weighted by Crippen LogP contribution is 2.33. The largest absolute Gasteiger partial charge is 0.484 e. The van der Waals surface area contributed by atoms with Gasteiger partial charge in [0.2, 0.25) is 5.89 Å². The smallest absolute Gasteiger partial charge is 0.277 e. The third-order valence-corrected chi connectivity index (χ3v) is 4.22. The van der Waals surface area contributed by atoms with Crippen LogP contribution in [-0.4, -0.2) is 20.3 Å². The van der Waals surface area contributed by atoms with Crippen molar-refractivity contribution in [2.45, 2.75) is 37.3 Å². The predicted molar refractivity (Wildman–Crippen MR) is 88.0 cm³/mol. The molecule has 1 aromatic carbocycles. The van der Waals surface area contributed by atoms with E-state index in [0.717, 1.165) is 6.42 Å². The maximum Gasteiger partial charge on any atom is 0.277 e. The first kappa shape index (κ1) is 16.8. The number of nitrogens with zero attached hydrogens (tertiary/aromatic N) is 4. The molecule has 0 saturated carbocycles.